The molecular formula is C29H23NO11. The minimum Gasteiger partial charge on any atom is -0.507 e. The van der Waals surface area contributed by atoms with Crippen molar-refractivity contribution >= 4 is 17.4 Å². The fraction of sp³-hybridized carbons (Fsp3) is 0.241. The Morgan fingerprint density at radius 1 is 0.829 bits per heavy atom. The lowest BCUT2D eigenvalue weighted by molar-refractivity contribution is -0.140. The number of likely N-dealkylation sites (tertiary alicyclic amines) is 1. The lowest BCUT2D eigenvalue weighted by Crippen LogP contribution is -2.29. The molecule has 12 nitrogen and oxygen atoms in total. The zero-order chi connectivity index (χ0) is 28.2. The first-order chi connectivity index (χ1) is 20.0. The summed E-state index contributed by atoms with van der Waals surface area (Å²) in [5.41, 5.74) is 1.16. The van der Waals surface area contributed by atoms with Crippen molar-refractivity contribution in [1.82, 2.24) is 4.90 Å². The minimum absolute atomic E-state index is 0.00368. The summed E-state index contributed by atoms with van der Waals surface area (Å²) in [5, 5.41) is 11.6. The Balaban J connectivity index is 1.41. The number of ketones is 1. The number of benzene rings is 3. The summed E-state index contributed by atoms with van der Waals surface area (Å²) in [5.74, 6) is 1.08. The summed E-state index contributed by atoms with van der Waals surface area (Å²) in [4.78, 5) is 28.7. The van der Waals surface area contributed by atoms with Gasteiger partial charge in [-0.15, -0.1) is 0 Å². The molecule has 0 bridgehead atoms. The quantitative estimate of drug-likeness (QED) is 0.269. The van der Waals surface area contributed by atoms with E-state index in [-0.39, 0.29) is 49.6 Å². The monoisotopic (exact) mass is 561 g/mol. The van der Waals surface area contributed by atoms with Crippen molar-refractivity contribution in [2.24, 2.45) is 0 Å². The van der Waals surface area contributed by atoms with Gasteiger partial charge in [0.25, 0.3) is 11.7 Å². The number of hydrogen-bond donors (Lipinski definition) is 1. The van der Waals surface area contributed by atoms with Gasteiger partial charge in [-0.3, -0.25) is 9.59 Å². The second-order valence-electron chi connectivity index (χ2n) is 9.45. The predicted molar refractivity (Wildman–Crippen MR) is 139 cm³/mol. The van der Waals surface area contributed by atoms with Crippen LogP contribution in [0.1, 0.15) is 22.7 Å². The Hall–Kier alpha value is -5.26. The lowest BCUT2D eigenvalue weighted by Gasteiger charge is -2.27. The Morgan fingerprint density at radius 3 is 2.22 bits per heavy atom. The molecule has 0 radical (unpaired) electrons. The topological polar surface area (TPSA) is 131 Å². The van der Waals surface area contributed by atoms with E-state index in [2.05, 4.69) is 0 Å². The maximum Gasteiger partial charge on any atom is 0.295 e. The van der Waals surface area contributed by atoms with E-state index in [1.165, 1.54) is 19.1 Å². The van der Waals surface area contributed by atoms with Crippen LogP contribution >= 0.6 is 0 Å². The van der Waals surface area contributed by atoms with Gasteiger partial charge in [0.2, 0.25) is 31.9 Å². The van der Waals surface area contributed by atoms with Crippen LogP contribution in [0.5, 0.6) is 46.0 Å². The standard InChI is InChI=1S/C29H23NO11/c1-34-21-9-16(26(35-2)28-27(21)40-13-41-28)23-22(24(31)15-4-6-18-20(8-15)39-12-37-18)25(32)29(33)30(23)10-14-3-5-17-19(7-14)38-11-36-17/h3-9,23,31H,10-13H2,1-2H3/t23-/m0/s1. The summed E-state index contributed by atoms with van der Waals surface area (Å²) in [6.45, 7) is 0.0600. The summed E-state index contributed by atoms with van der Waals surface area (Å²) in [6.07, 6.45) is 0. The van der Waals surface area contributed by atoms with Gasteiger partial charge in [0.05, 0.1) is 25.8 Å². The molecule has 4 heterocycles. The highest BCUT2D eigenvalue weighted by Crippen LogP contribution is 2.54. The van der Waals surface area contributed by atoms with E-state index in [1.807, 2.05) is 0 Å². The van der Waals surface area contributed by atoms with Crippen molar-refractivity contribution in [3.8, 4) is 46.0 Å². The number of ether oxygens (including phenoxy) is 8. The van der Waals surface area contributed by atoms with Gasteiger partial charge in [-0.25, -0.2) is 0 Å². The number of amides is 1. The van der Waals surface area contributed by atoms with Crippen LogP contribution in [0.2, 0.25) is 0 Å². The van der Waals surface area contributed by atoms with Crippen LogP contribution in [0.3, 0.4) is 0 Å². The third kappa shape index (κ3) is 3.82. The molecular weight excluding hydrogens is 538 g/mol. The van der Waals surface area contributed by atoms with Crippen molar-refractivity contribution in [3.63, 3.8) is 0 Å². The second kappa shape index (κ2) is 9.44. The molecule has 0 unspecified atom stereocenters. The number of methoxy groups -OCH3 is 2. The lowest BCUT2D eigenvalue weighted by atomic mass is 9.93. The maximum atomic E-state index is 13.7. The molecule has 1 atom stereocenters. The molecule has 0 aliphatic carbocycles. The number of nitrogens with zero attached hydrogens (tertiary/aromatic N) is 1. The van der Waals surface area contributed by atoms with E-state index in [0.717, 1.165) is 0 Å². The van der Waals surface area contributed by atoms with E-state index in [9.17, 15) is 14.7 Å². The SMILES string of the molecule is COc1cc([C@H]2C(=C(O)c3ccc4c(c3)OCO4)C(=O)C(=O)N2Cc2ccc3c(c2)OCO3)c(OC)c2c1OCO2. The first-order valence-corrected chi connectivity index (χ1v) is 12.6. The molecule has 7 rings (SSSR count). The summed E-state index contributed by atoms with van der Waals surface area (Å²) in [7, 11) is 2.90. The Morgan fingerprint density at radius 2 is 1.49 bits per heavy atom. The van der Waals surface area contributed by atoms with Gasteiger partial charge in [0.15, 0.2) is 34.5 Å². The molecule has 4 aliphatic rings. The molecule has 4 aliphatic heterocycles. The molecule has 1 saturated heterocycles. The van der Waals surface area contributed by atoms with Crippen molar-refractivity contribution in [1.29, 1.82) is 0 Å². The van der Waals surface area contributed by atoms with E-state index < -0.39 is 23.5 Å². The molecule has 0 aromatic heterocycles. The van der Waals surface area contributed by atoms with Crippen LogP contribution in [-0.4, -0.2) is 56.3 Å². The molecule has 1 N–H and O–H groups in total. The van der Waals surface area contributed by atoms with Gasteiger partial charge in [-0.1, -0.05) is 6.07 Å². The van der Waals surface area contributed by atoms with Crippen LogP contribution in [0.4, 0.5) is 0 Å². The summed E-state index contributed by atoms with van der Waals surface area (Å²) < 4.78 is 44.3. The van der Waals surface area contributed by atoms with Gasteiger partial charge >= 0.3 is 0 Å². The average molecular weight is 561 g/mol. The van der Waals surface area contributed by atoms with Crippen molar-refractivity contribution < 1.29 is 52.6 Å². The van der Waals surface area contributed by atoms with Crippen molar-refractivity contribution in [2.45, 2.75) is 12.6 Å². The van der Waals surface area contributed by atoms with Crippen LogP contribution in [0.15, 0.2) is 48.0 Å². The number of aliphatic hydroxyl groups is 1. The Bertz CT molecular complexity index is 1650. The molecule has 1 fully saturated rings. The van der Waals surface area contributed by atoms with Crippen LogP contribution in [0, 0.1) is 0 Å². The number of fused-ring (bicyclic) bond motifs is 3. The molecule has 0 spiro atoms. The number of Topliss-reactive ketones (excluding diaryl/α,β-unsaturated/α-hetero) is 1. The highest BCUT2D eigenvalue weighted by molar-refractivity contribution is 6.46. The molecule has 3 aromatic carbocycles. The highest BCUT2D eigenvalue weighted by Gasteiger charge is 2.48. The average Bonchev–Trinajstić information content (AvgIpc) is 3.79. The fourth-order valence-corrected chi connectivity index (χ4v) is 5.40. The first-order valence-electron chi connectivity index (χ1n) is 12.6. The smallest absolute Gasteiger partial charge is 0.295 e. The van der Waals surface area contributed by atoms with Gasteiger partial charge in [0.1, 0.15) is 5.76 Å². The number of carbonyl (C=O) groups excluding carboxylic acids is 2. The van der Waals surface area contributed by atoms with Gasteiger partial charge in [-0.05, 0) is 42.0 Å². The normalized spacial score (nSPS) is 19.2. The third-order valence-electron chi connectivity index (χ3n) is 7.29. The number of carbonyl (C=O) groups is 2. The number of aliphatic hydroxyl groups excluding tert-OH is 1. The maximum absolute atomic E-state index is 13.7. The van der Waals surface area contributed by atoms with Crippen LogP contribution in [-0.2, 0) is 16.1 Å². The third-order valence-corrected chi connectivity index (χ3v) is 7.29. The van der Waals surface area contributed by atoms with Crippen molar-refractivity contribution in [3.05, 3.63) is 64.7 Å². The zero-order valence-electron chi connectivity index (χ0n) is 21.9. The van der Waals surface area contributed by atoms with Gasteiger partial charge < -0.3 is 47.9 Å². The predicted octanol–water partition coefficient (Wildman–Crippen LogP) is 3.51. The zero-order valence-corrected chi connectivity index (χ0v) is 21.9. The van der Waals surface area contributed by atoms with E-state index in [4.69, 9.17) is 37.9 Å². The summed E-state index contributed by atoms with van der Waals surface area (Å²) in [6, 6.07) is 10.5. The molecule has 41 heavy (non-hydrogen) atoms. The van der Waals surface area contributed by atoms with Gasteiger partial charge in [0, 0.05) is 17.7 Å². The van der Waals surface area contributed by atoms with Gasteiger partial charge in [-0.2, -0.15) is 0 Å². The molecule has 210 valence electrons. The van der Waals surface area contributed by atoms with E-state index >= 15 is 0 Å². The number of rotatable bonds is 6. The highest BCUT2D eigenvalue weighted by atomic mass is 16.7. The molecule has 0 saturated carbocycles. The molecule has 3 aromatic rings. The molecule has 1 amide bonds. The number of hydrogen-bond acceptors (Lipinski definition) is 11. The second-order valence-corrected chi connectivity index (χ2v) is 9.45. The van der Waals surface area contributed by atoms with Crippen molar-refractivity contribution in [2.75, 3.05) is 34.6 Å². The Kier molecular flexibility index (Phi) is 5.70. The Labute approximate surface area is 233 Å². The summed E-state index contributed by atoms with van der Waals surface area (Å²) >= 11 is 0. The minimum atomic E-state index is -1.09. The van der Waals surface area contributed by atoms with E-state index in [1.54, 1.807) is 42.5 Å². The molecule has 12 heteroatoms. The fourth-order valence-electron chi connectivity index (χ4n) is 5.40. The first kappa shape index (κ1) is 24.8. The van der Waals surface area contributed by atoms with Crippen LogP contribution < -0.4 is 37.9 Å². The van der Waals surface area contributed by atoms with E-state index in [0.29, 0.717) is 45.6 Å². The largest absolute Gasteiger partial charge is 0.507 e. The van der Waals surface area contributed by atoms with Crippen LogP contribution in [0.25, 0.3) is 5.76 Å².